The Kier molecular flexibility index (Phi) is 3.53. The van der Waals surface area contributed by atoms with Crippen LogP contribution in [0.2, 0.25) is 0 Å². The molecular formula is C11H14N2. The fourth-order valence-corrected chi connectivity index (χ4v) is 1.93. The molecule has 0 amide bonds. The van der Waals surface area contributed by atoms with Crippen LogP contribution < -0.4 is 0 Å². The van der Waals surface area contributed by atoms with Gasteiger partial charge in [-0.15, -0.1) is 0 Å². The molecule has 0 fully saturated rings. The summed E-state index contributed by atoms with van der Waals surface area (Å²) in [6, 6.07) is 4.37. The summed E-state index contributed by atoms with van der Waals surface area (Å²) in [5.74, 6) is 0. The highest BCUT2D eigenvalue weighted by atomic mass is 14.4. The van der Waals surface area contributed by atoms with E-state index >= 15 is 0 Å². The van der Waals surface area contributed by atoms with E-state index in [0.29, 0.717) is 12.8 Å². The van der Waals surface area contributed by atoms with Crippen molar-refractivity contribution in [3.63, 3.8) is 0 Å². The van der Waals surface area contributed by atoms with E-state index in [1.54, 1.807) is 0 Å². The first-order chi connectivity index (χ1) is 6.33. The Labute approximate surface area is 79.5 Å². The molecule has 0 heterocycles. The van der Waals surface area contributed by atoms with Crippen molar-refractivity contribution in [1.29, 1.82) is 10.5 Å². The van der Waals surface area contributed by atoms with Gasteiger partial charge in [-0.1, -0.05) is 12.2 Å². The molecule has 0 saturated carbocycles. The van der Waals surface area contributed by atoms with Crippen LogP contribution in [0.3, 0.4) is 0 Å². The first kappa shape index (κ1) is 9.81. The highest BCUT2D eigenvalue weighted by Crippen LogP contribution is 2.41. The third-order valence-corrected chi connectivity index (χ3v) is 2.80. The predicted molar refractivity (Wildman–Crippen MR) is 50.5 cm³/mol. The van der Waals surface area contributed by atoms with Gasteiger partial charge in [0.05, 0.1) is 12.1 Å². The Morgan fingerprint density at radius 1 is 1.00 bits per heavy atom. The van der Waals surface area contributed by atoms with Crippen molar-refractivity contribution in [3.8, 4) is 12.1 Å². The molecule has 1 rings (SSSR count). The van der Waals surface area contributed by atoms with Crippen LogP contribution in [0.15, 0.2) is 12.2 Å². The molecule has 1 aliphatic carbocycles. The van der Waals surface area contributed by atoms with Crippen LogP contribution in [-0.4, -0.2) is 0 Å². The molecule has 0 aromatic carbocycles. The summed E-state index contributed by atoms with van der Waals surface area (Å²) in [6.45, 7) is 0. The minimum Gasteiger partial charge on any atom is -0.198 e. The van der Waals surface area contributed by atoms with Crippen LogP contribution in [0.1, 0.15) is 38.5 Å². The molecule has 0 bridgehead atoms. The van der Waals surface area contributed by atoms with Crippen LogP contribution >= 0.6 is 0 Å². The van der Waals surface area contributed by atoms with Gasteiger partial charge in [-0.3, -0.25) is 0 Å². The average Bonchev–Trinajstić information content (AvgIpc) is 2.61. The van der Waals surface area contributed by atoms with Crippen molar-refractivity contribution < 1.29 is 0 Å². The van der Waals surface area contributed by atoms with Crippen LogP contribution in [0.25, 0.3) is 0 Å². The SMILES string of the molecule is N#CCCC1(CCC#N)CC=CC1. The molecular weight excluding hydrogens is 160 g/mol. The third-order valence-electron chi connectivity index (χ3n) is 2.80. The molecule has 2 heteroatoms. The summed E-state index contributed by atoms with van der Waals surface area (Å²) >= 11 is 0. The van der Waals surface area contributed by atoms with Crippen molar-refractivity contribution in [2.75, 3.05) is 0 Å². The molecule has 13 heavy (non-hydrogen) atoms. The summed E-state index contributed by atoms with van der Waals surface area (Å²) in [4.78, 5) is 0. The Morgan fingerprint density at radius 2 is 1.46 bits per heavy atom. The van der Waals surface area contributed by atoms with E-state index in [1.807, 2.05) is 0 Å². The normalized spacial score (nSPS) is 18.0. The van der Waals surface area contributed by atoms with Crippen LogP contribution in [0.4, 0.5) is 0 Å². The fraction of sp³-hybridized carbons (Fsp3) is 0.636. The second kappa shape index (κ2) is 4.67. The maximum absolute atomic E-state index is 8.53. The highest BCUT2D eigenvalue weighted by molar-refractivity contribution is 5.04. The molecule has 0 aliphatic heterocycles. The Balaban J connectivity index is 2.46. The minimum absolute atomic E-state index is 0.242. The number of nitrogens with zero attached hydrogens (tertiary/aromatic N) is 2. The zero-order valence-electron chi connectivity index (χ0n) is 7.79. The van der Waals surface area contributed by atoms with E-state index in [0.717, 1.165) is 25.7 Å². The first-order valence-corrected chi connectivity index (χ1v) is 4.72. The molecule has 0 N–H and O–H groups in total. The smallest absolute Gasteiger partial charge is 0.0621 e. The number of rotatable bonds is 4. The van der Waals surface area contributed by atoms with Gasteiger partial charge >= 0.3 is 0 Å². The van der Waals surface area contributed by atoms with E-state index in [1.165, 1.54) is 0 Å². The van der Waals surface area contributed by atoms with E-state index in [9.17, 15) is 0 Å². The fourth-order valence-electron chi connectivity index (χ4n) is 1.93. The van der Waals surface area contributed by atoms with E-state index in [4.69, 9.17) is 10.5 Å². The molecule has 0 aromatic rings. The van der Waals surface area contributed by atoms with Gasteiger partial charge < -0.3 is 0 Å². The lowest BCUT2D eigenvalue weighted by molar-refractivity contribution is 0.266. The molecule has 2 nitrogen and oxygen atoms in total. The van der Waals surface area contributed by atoms with E-state index in [-0.39, 0.29) is 5.41 Å². The van der Waals surface area contributed by atoms with Gasteiger partial charge in [-0.05, 0) is 31.1 Å². The van der Waals surface area contributed by atoms with Crippen molar-refractivity contribution in [2.45, 2.75) is 38.5 Å². The second-order valence-electron chi connectivity index (χ2n) is 3.70. The van der Waals surface area contributed by atoms with E-state index < -0.39 is 0 Å². The third kappa shape index (κ3) is 2.60. The maximum Gasteiger partial charge on any atom is 0.0621 e. The number of hydrogen-bond acceptors (Lipinski definition) is 2. The summed E-state index contributed by atoms with van der Waals surface area (Å²) < 4.78 is 0. The van der Waals surface area contributed by atoms with Gasteiger partial charge in [0, 0.05) is 12.8 Å². The monoisotopic (exact) mass is 174 g/mol. The first-order valence-electron chi connectivity index (χ1n) is 4.72. The highest BCUT2D eigenvalue weighted by Gasteiger charge is 2.29. The Morgan fingerprint density at radius 3 is 1.85 bits per heavy atom. The number of allylic oxidation sites excluding steroid dienone is 2. The van der Waals surface area contributed by atoms with Crippen molar-refractivity contribution in [1.82, 2.24) is 0 Å². The lowest BCUT2D eigenvalue weighted by Crippen LogP contribution is -2.16. The van der Waals surface area contributed by atoms with Crippen LogP contribution in [0, 0.1) is 28.1 Å². The van der Waals surface area contributed by atoms with Gasteiger partial charge in [0.15, 0.2) is 0 Å². The summed E-state index contributed by atoms with van der Waals surface area (Å²) in [6.07, 6.45) is 9.58. The average molecular weight is 174 g/mol. The molecule has 68 valence electrons. The standard InChI is InChI=1S/C11H14N2/c12-9-3-7-11(8-4-10-13)5-1-2-6-11/h1-2H,3-8H2. The number of hydrogen-bond donors (Lipinski definition) is 0. The van der Waals surface area contributed by atoms with Gasteiger partial charge in [0.1, 0.15) is 0 Å². The Hall–Kier alpha value is -1.28. The zero-order valence-corrected chi connectivity index (χ0v) is 7.79. The molecule has 0 aromatic heterocycles. The molecule has 0 unspecified atom stereocenters. The molecule has 0 radical (unpaired) electrons. The van der Waals surface area contributed by atoms with Crippen molar-refractivity contribution >= 4 is 0 Å². The van der Waals surface area contributed by atoms with Crippen LogP contribution in [0.5, 0.6) is 0 Å². The number of nitriles is 2. The zero-order chi connectivity index (χ0) is 9.57. The molecule has 0 atom stereocenters. The molecule has 1 aliphatic rings. The predicted octanol–water partition coefficient (Wildman–Crippen LogP) is 2.93. The van der Waals surface area contributed by atoms with Gasteiger partial charge in [0.25, 0.3) is 0 Å². The molecule has 0 spiro atoms. The van der Waals surface area contributed by atoms with E-state index in [2.05, 4.69) is 24.3 Å². The van der Waals surface area contributed by atoms with Crippen molar-refractivity contribution in [2.24, 2.45) is 5.41 Å². The summed E-state index contributed by atoms with van der Waals surface area (Å²) in [5.41, 5.74) is 0.242. The minimum atomic E-state index is 0.242. The quantitative estimate of drug-likeness (QED) is 0.615. The second-order valence-corrected chi connectivity index (χ2v) is 3.70. The topological polar surface area (TPSA) is 47.6 Å². The van der Waals surface area contributed by atoms with Gasteiger partial charge in [-0.25, -0.2) is 0 Å². The molecule has 0 saturated heterocycles. The largest absolute Gasteiger partial charge is 0.198 e. The maximum atomic E-state index is 8.53. The Bertz CT molecular complexity index is 237. The van der Waals surface area contributed by atoms with Gasteiger partial charge in [0.2, 0.25) is 0 Å². The lowest BCUT2D eigenvalue weighted by Gasteiger charge is -2.26. The lowest BCUT2D eigenvalue weighted by atomic mass is 9.77. The van der Waals surface area contributed by atoms with Gasteiger partial charge in [-0.2, -0.15) is 10.5 Å². The summed E-state index contributed by atoms with van der Waals surface area (Å²) in [7, 11) is 0. The van der Waals surface area contributed by atoms with Crippen molar-refractivity contribution in [3.05, 3.63) is 12.2 Å². The van der Waals surface area contributed by atoms with Crippen LogP contribution in [-0.2, 0) is 0 Å². The summed E-state index contributed by atoms with van der Waals surface area (Å²) in [5, 5.41) is 17.1.